The van der Waals surface area contributed by atoms with E-state index in [-0.39, 0.29) is 8.46 Å². The highest BCUT2D eigenvalue weighted by molar-refractivity contribution is 7.34. The maximum atomic E-state index is 11.1. The lowest BCUT2D eigenvalue weighted by molar-refractivity contribution is 0.402. The molecule has 2 unspecified atom stereocenters. The van der Waals surface area contributed by atoms with Crippen molar-refractivity contribution in [1.29, 1.82) is 0 Å². The fourth-order valence-corrected chi connectivity index (χ4v) is 2.47. The highest BCUT2D eigenvalue weighted by atomic mass is 31.1. The number of hydrogen-bond donors (Lipinski definition) is 0. The summed E-state index contributed by atoms with van der Waals surface area (Å²) in [6, 6.07) is 5.99. The van der Waals surface area contributed by atoms with Gasteiger partial charge < -0.3 is 9.47 Å². The molecule has 0 spiro atoms. The molecule has 0 bridgehead atoms. The molecule has 4 heteroatoms. The van der Waals surface area contributed by atoms with Crippen LogP contribution in [0.25, 0.3) is 0 Å². The van der Waals surface area contributed by atoms with Gasteiger partial charge in [-0.2, -0.15) is 0 Å². The van der Waals surface area contributed by atoms with Crippen molar-refractivity contribution in [2.75, 3.05) is 13.2 Å². The van der Waals surface area contributed by atoms with Crippen molar-refractivity contribution in [2.45, 2.75) is 25.0 Å². The second-order valence-corrected chi connectivity index (χ2v) is 4.99. The van der Waals surface area contributed by atoms with Crippen molar-refractivity contribution < 1.29 is 14.0 Å². The summed E-state index contributed by atoms with van der Waals surface area (Å²) >= 11 is 0. The molecule has 0 saturated carbocycles. The van der Waals surface area contributed by atoms with Gasteiger partial charge in [-0.1, -0.05) is 12.1 Å². The number of rotatable bonds is 5. The Hall–Kier alpha value is -0.760. The van der Waals surface area contributed by atoms with E-state index in [0.29, 0.717) is 12.2 Å². The molecule has 0 N–H and O–H groups in total. The van der Waals surface area contributed by atoms with Crippen LogP contribution in [0, 0.1) is 0 Å². The van der Waals surface area contributed by atoms with E-state index in [1.54, 1.807) is 0 Å². The molecule has 0 aliphatic carbocycles. The van der Waals surface area contributed by atoms with Crippen molar-refractivity contribution in [1.82, 2.24) is 0 Å². The Balaban J connectivity index is 1.89. The predicted octanol–water partition coefficient (Wildman–Crippen LogP) is 1.49. The standard InChI is InChI=1S/C12H13O3P/c13-16-12-3-1-2-8(4-9-6-14-9)11(12)5-10-7-15-10/h1-3,9-10H,4-7H2. The van der Waals surface area contributed by atoms with Gasteiger partial charge in [-0.25, -0.2) is 0 Å². The monoisotopic (exact) mass is 236 g/mol. The molecular formula is C12H13O3P. The second-order valence-electron chi connectivity index (χ2n) is 4.33. The lowest BCUT2D eigenvalue weighted by Gasteiger charge is -2.09. The summed E-state index contributed by atoms with van der Waals surface area (Å²) in [5.41, 5.74) is 2.45. The quantitative estimate of drug-likeness (QED) is 0.574. The van der Waals surface area contributed by atoms with Crippen LogP contribution >= 0.6 is 8.46 Å². The molecule has 2 aliphatic rings. The minimum atomic E-state index is 0.102. The summed E-state index contributed by atoms with van der Waals surface area (Å²) in [6.45, 7) is 1.70. The van der Waals surface area contributed by atoms with Gasteiger partial charge in [0, 0.05) is 18.1 Å². The number of ether oxygens (including phenoxy) is 2. The third-order valence-corrected chi connectivity index (χ3v) is 3.65. The van der Waals surface area contributed by atoms with Crippen molar-refractivity contribution in [3.8, 4) is 0 Å². The Bertz CT molecular complexity index is 411. The van der Waals surface area contributed by atoms with E-state index < -0.39 is 0 Å². The molecule has 2 heterocycles. The molecule has 84 valence electrons. The van der Waals surface area contributed by atoms with Crippen LogP contribution in [0.2, 0.25) is 0 Å². The highest BCUT2D eigenvalue weighted by Crippen LogP contribution is 2.24. The third kappa shape index (κ3) is 2.32. The maximum Gasteiger partial charge on any atom is 0.192 e. The Labute approximate surface area is 96.0 Å². The van der Waals surface area contributed by atoms with E-state index in [1.165, 1.54) is 11.1 Å². The minimum absolute atomic E-state index is 0.102. The molecule has 2 fully saturated rings. The van der Waals surface area contributed by atoms with Gasteiger partial charge >= 0.3 is 0 Å². The van der Waals surface area contributed by atoms with Crippen LogP contribution in [-0.2, 0) is 26.9 Å². The van der Waals surface area contributed by atoms with E-state index in [9.17, 15) is 4.57 Å². The fourth-order valence-electron chi connectivity index (χ4n) is 1.98. The average molecular weight is 236 g/mol. The maximum absolute atomic E-state index is 11.1. The molecule has 2 aliphatic heterocycles. The summed E-state index contributed by atoms with van der Waals surface area (Å²) < 4.78 is 21.6. The van der Waals surface area contributed by atoms with Crippen LogP contribution in [0.3, 0.4) is 0 Å². The zero-order valence-electron chi connectivity index (χ0n) is 8.89. The average Bonchev–Trinajstić information content (AvgIpc) is 3.14. The Morgan fingerprint density at radius 1 is 1.19 bits per heavy atom. The first-order chi connectivity index (χ1) is 7.86. The summed E-state index contributed by atoms with van der Waals surface area (Å²) in [5.74, 6) is 0. The van der Waals surface area contributed by atoms with Crippen molar-refractivity contribution in [2.24, 2.45) is 0 Å². The van der Waals surface area contributed by atoms with Crippen LogP contribution < -0.4 is 5.30 Å². The lowest BCUT2D eigenvalue weighted by atomic mass is 9.99. The van der Waals surface area contributed by atoms with E-state index in [0.717, 1.165) is 31.4 Å². The Morgan fingerprint density at radius 2 is 1.88 bits per heavy atom. The normalized spacial score (nSPS) is 27.0. The Morgan fingerprint density at radius 3 is 2.50 bits per heavy atom. The molecule has 1 aromatic rings. The first-order valence-corrected chi connectivity index (χ1v) is 6.35. The van der Waals surface area contributed by atoms with Gasteiger partial charge in [0.2, 0.25) is 0 Å². The van der Waals surface area contributed by atoms with Gasteiger partial charge in [0.25, 0.3) is 0 Å². The topological polar surface area (TPSA) is 42.1 Å². The predicted molar refractivity (Wildman–Crippen MR) is 60.6 cm³/mol. The van der Waals surface area contributed by atoms with E-state index in [1.807, 2.05) is 12.1 Å². The van der Waals surface area contributed by atoms with Crippen molar-refractivity contribution in [3.63, 3.8) is 0 Å². The first-order valence-electron chi connectivity index (χ1n) is 5.54. The fraction of sp³-hybridized carbons (Fsp3) is 0.500. The van der Waals surface area contributed by atoms with Crippen molar-refractivity contribution in [3.05, 3.63) is 29.3 Å². The molecule has 16 heavy (non-hydrogen) atoms. The van der Waals surface area contributed by atoms with Gasteiger partial charge in [-0.3, -0.25) is 4.57 Å². The molecule has 0 aromatic heterocycles. The molecular weight excluding hydrogens is 223 g/mol. The molecule has 0 amide bonds. The largest absolute Gasteiger partial charge is 0.373 e. The van der Waals surface area contributed by atoms with E-state index in [4.69, 9.17) is 9.47 Å². The second kappa shape index (κ2) is 4.25. The van der Waals surface area contributed by atoms with Crippen molar-refractivity contribution >= 4 is 13.8 Å². The molecule has 3 rings (SSSR count). The SMILES string of the molecule is O=Pc1cccc(CC2CO2)c1CC1CO1. The van der Waals surface area contributed by atoms with Gasteiger partial charge in [0.15, 0.2) is 8.46 Å². The molecule has 0 radical (unpaired) electrons. The summed E-state index contributed by atoms with van der Waals surface area (Å²) in [7, 11) is 0.102. The first kappa shape index (κ1) is 10.4. The minimum Gasteiger partial charge on any atom is -0.373 e. The molecule has 2 atom stereocenters. The van der Waals surface area contributed by atoms with E-state index in [2.05, 4.69) is 6.07 Å². The summed E-state index contributed by atoms with van der Waals surface area (Å²) in [5, 5.41) is 0.897. The third-order valence-electron chi connectivity index (χ3n) is 3.03. The van der Waals surface area contributed by atoms with Crippen LogP contribution in [-0.4, -0.2) is 25.4 Å². The molecule has 2 saturated heterocycles. The molecule has 3 nitrogen and oxygen atoms in total. The highest BCUT2D eigenvalue weighted by Gasteiger charge is 2.28. The van der Waals surface area contributed by atoms with Gasteiger partial charge in [-0.15, -0.1) is 0 Å². The zero-order chi connectivity index (χ0) is 11.0. The van der Waals surface area contributed by atoms with Crippen LogP contribution in [0.1, 0.15) is 11.1 Å². The van der Waals surface area contributed by atoms with Gasteiger partial charge in [0.1, 0.15) is 0 Å². The summed E-state index contributed by atoms with van der Waals surface area (Å²) in [6.07, 6.45) is 2.53. The van der Waals surface area contributed by atoms with E-state index >= 15 is 0 Å². The van der Waals surface area contributed by atoms with Crippen LogP contribution in [0.5, 0.6) is 0 Å². The molecule has 1 aromatic carbocycles. The van der Waals surface area contributed by atoms with Crippen LogP contribution in [0.15, 0.2) is 18.2 Å². The Kier molecular flexibility index (Phi) is 2.76. The lowest BCUT2D eigenvalue weighted by Crippen LogP contribution is -2.11. The number of hydrogen-bond acceptors (Lipinski definition) is 3. The smallest absolute Gasteiger partial charge is 0.192 e. The number of benzene rings is 1. The van der Waals surface area contributed by atoms with Gasteiger partial charge in [0.05, 0.1) is 25.4 Å². The van der Waals surface area contributed by atoms with Gasteiger partial charge in [-0.05, 0) is 17.2 Å². The number of epoxide rings is 2. The zero-order valence-corrected chi connectivity index (χ0v) is 9.78. The van der Waals surface area contributed by atoms with Crippen LogP contribution in [0.4, 0.5) is 0 Å². The summed E-state index contributed by atoms with van der Waals surface area (Å²) in [4.78, 5) is 0.